The second kappa shape index (κ2) is 10.4. The van der Waals surface area contributed by atoms with Gasteiger partial charge in [0.25, 0.3) is 0 Å². The van der Waals surface area contributed by atoms with Crippen LogP contribution in [0.15, 0.2) is 33.4 Å². The molecule has 0 bridgehead atoms. The van der Waals surface area contributed by atoms with Crippen LogP contribution in [-0.4, -0.2) is 69.5 Å². The predicted octanol–water partition coefficient (Wildman–Crippen LogP) is 1.56. The van der Waals surface area contributed by atoms with Crippen LogP contribution < -0.4 is 20.8 Å². The first-order chi connectivity index (χ1) is 15.7. The van der Waals surface area contributed by atoms with E-state index in [4.69, 9.17) is 17.4 Å². The number of nitrogens with one attached hydrogen (secondary N) is 2. The van der Waals surface area contributed by atoms with Crippen LogP contribution in [0.4, 0.5) is 17.2 Å². The Morgan fingerprint density at radius 3 is 2.55 bits per heavy atom. The highest BCUT2D eigenvalue weighted by Gasteiger charge is 2.25. The summed E-state index contributed by atoms with van der Waals surface area (Å²) in [6.07, 6.45) is 0.441. The van der Waals surface area contributed by atoms with Gasteiger partial charge in [-0.15, -0.1) is 0 Å². The minimum Gasteiger partial charge on any atom is -0.368 e. The lowest BCUT2D eigenvalue weighted by Gasteiger charge is -2.35. The minimum absolute atomic E-state index is 0.00903. The van der Waals surface area contributed by atoms with Gasteiger partial charge in [-0.25, -0.2) is 23.1 Å². The van der Waals surface area contributed by atoms with Gasteiger partial charge in [0.1, 0.15) is 4.90 Å². The van der Waals surface area contributed by atoms with Gasteiger partial charge in [-0.3, -0.25) is 4.79 Å². The number of benzene rings is 1. The van der Waals surface area contributed by atoms with E-state index in [1.807, 2.05) is 18.9 Å². The third-order valence-corrected chi connectivity index (χ3v) is 6.98. The number of amides is 1. The van der Waals surface area contributed by atoms with Crippen molar-refractivity contribution in [2.24, 2.45) is 16.2 Å². The van der Waals surface area contributed by atoms with Crippen molar-refractivity contribution in [2.75, 3.05) is 50.5 Å². The summed E-state index contributed by atoms with van der Waals surface area (Å²) in [5.41, 5.74) is 1.23. The van der Waals surface area contributed by atoms with Gasteiger partial charge in [0.2, 0.25) is 10.0 Å². The summed E-state index contributed by atoms with van der Waals surface area (Å²) in [5.74, 6) is 4.21. The van der Waals surface area contributed by atoms with E-state index < -0.39 is 15.9 Å². The molecule has 1 aliphatic rings. The van der Waals surface area contributed by atoms with Gasteiger partial charge in [0.15, 0.2) is 16.7 Å². The number of rotatable bonds is 7. The Morgan fingerprint density at radius 2 is 1.94 bits per heavy atom. The zero-order valence-corrected chi connectivity index (χ0v) is 20.1. The number of nitrogens with zero attached hydrogens (tertiary/aromatic N) is 6. The number of nitrogens with two attached hydrogens (primary N) is 1. The third-order valence-electron chi connectivity index (χ3n) is 5.23. The summed E-state index contributed by atoms with van der Waals surface area (Å²) in [7, 11) is -0.409. The lowest BCUT2D eigenvalue weighted by Crippen LogP contribution is -2.45. The molecule has 0 aliphatic carbocycles. The smallest absolute Gasteiger partial charge is 0.319 e. The van der Waals surface area contributed by atoms with Gasteiger partial charge in [0, 0.05) is 31.9 Å². The molecule has 1 aromatic heterocycles. The van der Waals surface area contributed by atoms with Crippen LogP contribution >= 0.6 is 11.6 Å². The number of hydrogen-bond acceptors (Lipinski definition) is 9. The standard InChI is InChI=1S/C19H26ClN9O3S/c1-4-13-17(20)25-18(16(24-13)19(30)26-27-21)23-12-5-6-14(15(11-12)33(31,32)22-2)29-9-7-28(3)8-10-29/h5-6,11,22H,4,7-10H2,1-3H3,(H,23,25)(H2,21,26,30). The van der Waals surface area contributed by atoms with Crippen LogP contribution in [0.2, 0.25) is 5.15 Å². The monoisotopic (exact) mass is 495 g/mol. The van der Waals surface area contributed by atoms with E-state index in [1.54, 1.807) is 12.1 Å². The number of aromatic nitrogens is 2. The highest BCUT2D eigenvalue weighted by molar-refractivity contribution is 7.89. The quantitative estimate of drug-likeness (QED) is 0.294. The Kier molecular flexibility index (Phi) is 7.79. The van der Waals surface area contributed by atoms with Gasteiger partial charge in [-0.1, -0.05) is 28.9 Å². The van der Waals surface area contributed by atoms with Crippen molar-refractivity contribution in [1.29, 1.82) is 0 Å². The van der Waals surface area contributed by atoms with Crippen molar-refractivity contribution in [3.05, 3.63) is 34.7 Å². The van der Waals surface area contributed by atoms with Gasteiger partial charge in [0.05, 0.1) is 11.4 Å². The molecule has 1 aromatic carbocycles. The summed E-state index contributed by atoms with van der Waals surface area (Å²) in [6.45, 7) is 4.83. The molecule has 3 rings (SSSR count). The maximum Gasteiger partial charge on any atom is 0.319 e. The largest absolute Gasteiger partial charge is 0.368 e. The first-order valence-corrected chi connectivity index (χ1v) is 12.1. The zero-order chi connectivity index (χ0) is 24.2. The molecule has 0 spiro atoms. The summed E-state index contributed by atoms with van der Waals surface area (Å²) >= 11 is 6.19. The molecule has 0 saturated carbocycles. The SMILES string of the molecule is CCc1nc(C(=O)N=NN)c(Nc2ccc(N3CCN(C)CC3)c(S(=O)(=O)NC)c2)nc1Cl. The van der Waals surface area contributed by atoms with E-state index in [9.17, 15) is 13.2 Å². The van der Waals surface area contributed by atoms with Crippen molar-refractivity contribution in [1.82, 2.24) is 19.6 Å². The Bertz CT molecular complexity index is 1170. The first kappa shape index (κ1) is 24.8. The average Bonchev–Trinajstić information content (AvgIpc) is 2.80. The summed E-state index contributed by atoms with van der Waals surface area (Å²) in [6, 6.07) is 4.89. The third kappa shape index (κ3) is 5.55. The number of halogens is 1. The van der Waals surface area contributed by atoms with Crippen molar-refractivity contribution >= 4 is 44.7 Å². The fourth-order valence-electron chi connectivity index (χ4n) is 3.37. The maximum atomic E-state index is 12.8. The van der Waals surface area contributed by atoms with Gasteiger partial charge < -0.3 is 21.0 Å². The Hall–Kier alpha value is -2.87. The normalized spacial score (nSPS) is 15.2. The minimum atomic E-state index is -3.78. The van der Waals surface area contributed by atoms with Crippen LogP contribution in [0.1, 0.15) is 23.1 Å². The van der Waals surface area contributed by atoms with Crippen LogP contribution in [-0.2, 0) is 16.4 Å². The molecule has 0 radical (unpaired) electrons. The number of sulfonamides is 1. The van der Waals surface area contributed by atoms with E-state index in [1.165, 1.54) is 13.1 Å². The van der Waals surface area contributed by atoms with Gasteiger partial charge in [-0.05, 0) is 38.7 Å². The van der Waals surface area contributed by atoms with Crippen LogP contribution in [0, 0.1) is 0 Å². The maximum absolute atomic E-state index is 12.8. The van der Waals surface area contributed by atoms with Crippen molar-refractivity contribution in [3.63, 3.8) is 0 Å². The van der Waals surface area contributed by atoms with Crippen LogP contribution in [0.25, 0.3) is 0 Å². The predicted molar refractivity (Wildman–Crippen MR) is 125 cm³/mol. The molecular weight excluding hydrogens is 470 g/mol. The van der Waals surface area contributed by atoms with Crippen molar-refractivity contribution in [2.45, 2.75) is 18.2 Å². The summed E-state index contributed by atoms with van der Waals surface area (Å²) < 4.78 is 28.0. The number of likely N-dealkylation sites (N-methyl/N-ethyl adjacent to an activating group) is 1. The molecule has 2 heterocycles. The van der Waals surface area contributed by atoms with E-state index >= 15 is 0 Å². The molecule has 14 heteroatoms. The number of hydrogen-bond donors (Lipinski definition) is 3. The average molecular weight is 496 g/mol. The molecule has 1 saturated heterocycles. The summed E-state index contributed by atoms with van der Waals surface area (Å²) in [4.78, 5) is 25.1. The van der Waals surface area contributed by atoms with Crippen molar-refractivity contribution < 1.29 is 13.2 Å². The molecule has 178 valence electrons. The highest BCUT2D eigenvalue weighted by Crippen LogP contribution is 2.31. The number of piperazine rings is 1. The Labute approximate surface area is 197 Å². The van der Waals surface area contributed by atoms with Gasteiger partial charge >= 0.3 is 5.91 Å². The molecule has 0 atom stereocenters. The highest BCUT2D eigenvalue weighted by atomic mass is 35.5. The molecule has 33 heavy (non-hydrogen) atoms. The fraction of sp³-hybridized carbons (Fsp3) is 0.421. The zero-order valence-electron chi connectivity index (χ0n) is 18.5. The molecule has 1 fully saturated rings. The number of carbonyl (C=O) groups excluding carboxylic acids is 1. The topological polar surface area (TPSA) is 158 Å². The molecule has 12 nitrogen and oxygen atoms in total. The lowest BCUT2D eigenvalue weighted by molar-refractivity contribution is 0.0989. The second-order valence-electron chi connectivity index (χ2n) is 7.34. The Morgan fingerprint density at radius 1 is 1.24 bits per heavy atom. The van der Waals surface area contributed by atoms with Crippen molar-refractivity contribution in [3.8, 4) is 0 Å². The van der Waals surface area contributed by atoms with E-state index in [2.05, 4.69) is 35.2 Å². The molecule has 4 N–H and O–H groups in total. The fourth-order valence-corrected chi connectivity index (χ4v) is 4.61. The van der Waals surface area contributed by atoms with E-state index in [0.29, 0.717) is 36.6 Å². The second-order valence-corrected chi connectivity index (χ2v) is 9.55. The molecule has 1 aliphatic heterocycles. The number of aryl methyl sites for hydroxylation is 1. The van der Waals surface area contributed by atoms with E-state index in [0.717, 1.165) is 13.1 Å². The number of anilines is 3. The molecular formula is C19H26ClN9O3S. The molecule has 1 amide bonds. The summed E-state index contributed by atoms with van der Waals surface area (Å²) in [5, 5.41) is 9.38. The van der Waals surface area contributed by atoms with E-state index in [-0.39, 0.29) is 21.6 Å². The van der Waals surface area contributed by atoms with Crippen LogP contribution in [0.5, 0.6) is 0 Å². The Balaban J connectivity index is 2.05. The van der Waals surface area contributed by atoms with Gasteiger partial charge in [-0.2, -0.15) is 0 Å². The molecule has 0 unspecified atom stereocenters. The molecule has 2 aromatic rings. The van der Waals surface area contributed by atoms with Crippen LogP contribution in [0.3, 0.4) is 0 Å². The lowest BCUT2D eigenvalue weighted by atomic mass is 10.2. The number of carbonyl (C=O) groups is 1. The first-order valence-electron chi connectivity index (χ1n) is 10.2.